The second-order valence-electron chi connectivity index (χ2n) is 8.56. The van der Waals surface area contributed by atoms with E-state index in [2.05, 4.69) is 21.9 Å². The second kappa shape index (κ2) is 9.23. The smallest absolute Gasteiger partial charge is 0.313 e. The van der Waals surface area contributed by atoms with Crippen molar-refractivity contribution in [2.75, 3.05) is 39.9 Å². The van der Waals surface area contributed by atoms with E-state index in [0.717, 1.165) is 63.4 Å². The van der Waals surface area contributed by atoms with E-state index in [-0.39, 0.29) is 11.9 Å². The van der Waals surface area contributed by atoms with E-state index in [1.165, 1.54) is 5.56 Å². The van der Waals surface area contributed by atoms with E-state index in [1.54, 1.807) is 19.6 Å². The van der Waals surface area contributed by atoms with Gasteiger partial charge in [-0.3, -0.25) is 14.6 Å². The Balaban J connectivity index is 1.50. The number of fused-ring (bicyclic) bond motifs is 1. The molecule has 2 atom stereocenters. The standard InChI is InChI=1S/C24H32N2O4/c1-3-30-23(27)24-10-4-11-25(13-19-5-7-22(28-2)8-6-19)15-21(24)16-26(18-24)14-20-9-12-29-17-20/h5-9,12,17,21H,3-4,10-11,13-16,18H2,1-2H3/t21-,24-/m0/s1. The SMILES string of the molecule is CCOC(=O)[C@]12CCCN(Cc3ccc(OC)cc3)C[C@H]1CN(Cc1ccoc1)C2. The van der Waals surface area contributed by atoms with E-state index in [1.807, 2.05) is 25.1 Å². The lowest BCUT2D eigenvalue weighted by Gasteiger charge is -2.31. The molecule has 4 rings (SSSR count). The third-order valence-corrected chi connectivity index (χ3v) is 6.58. The summed E-state index contributed by atoms with van der Waals surface area (Å²) in [4.78, 5) is 18.0. The molecule has 2 aliphatic heterocycles. The van der Waals surface area contributed by atoms with Crippen LogP contribution in [-0.2, 0) is 22.6 Å². The first kappa shape index (κ1) is 20.9. The summed E-state index contributed by atoms with van der Waals surface area (Å²) >= 11 is 0. The number of methoxy groups -OCH3 is 1. The van der Waals surface area contributed by atoms with Crippen LogP contribution in [0.15, 0.2) is 47.3 Å². The van der Waals surface area contributed by atoms with E-state index >= 15 is 0 Å². The molecule has 2 saturated heterocycles. The van der Waals surface area contributed by atoms with Crippen LogP contribution in [0.4, 0.5) is 0 Å². The van der Waals surface area contributed by atoms with Crippen LogP contribution < -0.4 is 4.74 Å². The van der Waals surface area contributed by atoms with Crippen LogP contribution in [0.1, 0.15) is 30.9 Å². The molecule has 162 valence electrons. The summed E-state index contributed by atoms with van der Waals surface area (Å²) in [5.74, 6) is 1.13. The number of hydrogen-bond donors (Lipinski definition) is 0. The quantitative estimate of drug-likeness (QED) is 0.648. The van der Waals surface area contributed by atoms with E-state index < -0.39 is 5.41 Å². The molecule has 6 nitrogen and oxygen atoms in total. The van der Waals surface area contributed by atoms with Crippen LogP contribution in [0.2, 0.25) is 0 Å². The third kappa shape index (κ3) is 4.40. The highest BCUT2D eigenvalue weighted by Gasteiger charge is 2.53. The molecule has 1 aromatic heterocycles. The highest BCUT2D eigenvalue weighted by atomic mass is 16.5. The van der Waals surface area contributed by atoms with Gasteiger partial charge in [-0.1, -0.05) is 12.1 Å². The Labute approximate surface area is 178 Å². The monoisotopic (exact) mass is 412 g/mol. The molecule has 2 aliphatic rings. The summed E-state index contributed by atoms with van der Waals surface area (Å²) in [6, 6.07) is 10.3. The van der Waals surface area contributed by atoms with Crippen LogP contribution in [0.25, 0.3) is 0 Å². The molecule has 2 aromatic rings. The van der Waals surface area contributed by atoms with E-state index in [4.69, 9.17) is 13.9 Å². The second-order valence-corrected chi connectivity index (χ2v) is 8.56. The van der Waals surface area contributed by atoms with Crippen LogP contribution >= 0.6 is 0 Å². The van der Waals surface area contributed by atoms with Crippen molar-refractivity contribution in [2.45, 2.75) is 32.9 Å². The van der Waals surface area contributed by atoms with Crippen molar-refractivity contribution in [2.24, 2.45) is 11.3 Å². The van der Waals surface area contributed by atoms with Crippen LogP contribution in [0, 0.1) is 11.3 Å². The maximum Gasteiger partial charge on any atom is 0.313 e. The molecule has 0 aliphatic carbocycles. The molecule has 0 radical (unpaired) electrons. The average Bonchev–Trinajstić information content (AvgIpc) is 3.34. The first-order valence-corrected chi connectivity index (χ1v) is 10.9. The maximum absolute atomic E-state index is 13.1. The number of likely N-dealkylation sites (tertiary alicyclic amines) is 2. The molecule has 0 N–H and O–H groups in total. The predicted octanol–water partition coefficient (Wildman–Crippen LogP) is 3.57. The van der Waals surface area contributed by atoms with Gasteiger partial charge < -0.3 is 13.9 Å². The van der Waals surface area contributed by atoms with Gasteiger partial charge in [0.25, 0.3) is 0 Å². The molecule has 1 aromatic carbocycles. The highest BCUT2D eigenvalue weighted by Crippen LogP contribution is 2.44. The number of furan rings is 1. The van der Waals surface area contributed by atoms with Gasteiger partial charge in [0.2, 0.25) is 0 Å². The minimum Gasteiger partial charge on any atom is -0.497 e. The molecule has 6 heteroatoms. The molecule has 0 amide bonds. The van der Waals surface area contributed by atoms with Gasteiger partial charge in [0, 0.05) is 44.2 Å². The minimum absolute atomic E-state index is 0.0176. The summed E-state index contributed by atoms with van der Waals surface area (Å²) in [5, 5.41) is 0. The zero-order valence-corrected chi connectivity index (χ0v) is 18.0. The molecular weight excluding hydrogens is 380 g/mol. The third-order valence-electron chi connectivity index (χ3n) is 6.58. The Bertz CT molecular complexity index is 820. The largest absolute Gasteiger partial charge is 0.497 e. The maximum atomic E-state index is 13.1. The Morgan fingerprint density at radius 1 is 1.13 bits per heavy atom. The van der Waals surface area contributed by atoms with Crippen LogP contribution in [0.3, 0.4) is 0 Å². The number of hydrogen-bond acceptors (Lipinski definition) is 6. The fraction of sp³-hybridized carbons (Fsp3) is 0.542. The van der Waals surface area contributed by atoms with Gasteiger partial charge in [-0.15, -0.1) is 0 Å². The Hall–Kier alpha value is -2.31. The normalized spacial score (nSPS) is 24.9. The van der Waals surface area contributed by atoms with Gasteiger partial charge in [0.1, 0.15) is 5.75 Å². The van der Waals surface area contributed by atoms with Gasteiger partial charge in [-0.25, -0.2) is 0 Å². The van der Waals surface area contributed by atoms with Gasteiger partial charge >= 0.3 is 5.97 Å². The van der Waals surface area contributed by atoms with Crippen molar-refractivity contribution in [3.8, 4) is 5.75 Å². The van der Waals surface area contributed by atoms with Crippen molar-refractivity contribution in [1.29, 1.82) is 0 Å². The fourth-order valence-electron chi connectivity index (χ4n) is 5.12. The lowest BCUT2D eigenvalue weighted by molar-refractivity contribution is -0.157. The number of benzene rings is 1. The van der Waals surface area contributed by atoms with Crippen LogP contribution in [0.5, 0.6) is 5.75 Å². The zero-order chi connectivity index (χ0) is 21.0. The van der Waals surface area contributed by atoms with Crippen molar-refractivity contribution in [3.63, 3.8) is 0 Å². The fourth-order valence-corrected chi connectivity index (χ4v) is 5.12. The molecule has 2 fully saturated rings. The number of rotatable bonds is 7. The van der Waals surface area contributed by atoms with E-state index in [0.29, 0.717) is 6.61 Å². The first-order chi connectivity index (χ1) is 14.6. The summed E-state index contributed by atoms with van der Waals surface area (Å²) in [6.45, 7) is 7.62. The summed E-state index contributed by atoms with van der Waals surface area (Å²) in [6.07, 6.45) is 5.39. The highest BCUT2D eigenvalue weighted by molar-refractivity contribution is 5.78. The van der Waals surface area contributed by atoms with Crippen molar-refractivity contribution < 1.29 is 18.7 Å². The van der Waals surface area contributed by atoms with Gasteiger partial charge in [-0.2, -0.15) is 0 Å². The Morgan fingerprint density at radius 3 is 2.60 bits per heavy atom. The topological polar surface area (TPSA) is 55.1 Å². The molecule has 0 unspecified atom stereocenters. The Morgan fingerprint density at radius 2 is 1.90 bits per heavy atom. The molecule has 3 heterocycles. The number of esters is 1. The minimum atomic E-state index is -0.408. The average molecular weight is 413 g/mol. The van der Waals surface area contributed by atoms with Gasteiger partial charge in [-0.05, 0) is 50.1 Å². The lowest BCUT2D eigenvalue weighted by Crippen LogP contribution is -2.42. The Kier molecular flexibility index (Phi) is 6.44. The number of carbonyl (C=O) groups excluding carboxylic acids is 1. The van der Waals surface area contributed by atoms with Crippen molar-refractivity contribution in [3.05, 3.63) is 54.0 Å². The first-order valence-electron chi connectivity index (χ1n) is 10.9. The van der Waals surface area contributed by atoms with Gasteiger partial charge in [0.15, 0.2) is 0 Å². The molecule has 0 bridgehead atoms. The van der Waals surface area contributed by atoms with Crippen molar-refractivity contribution in [1.82, 2.24) is 9.80 Å². The summed E-state index contributed by atoms with van der Waals surface area (Å²) in [7, 11) is 1.69. The summed E-state index contributed by atoms with van der Waals surface area (Å²) < 4.78 is 16.1. The zero-order valence-electron chi connectivity index (χ0n) is 18.0. The predicted molar refractivity (Wildman–Crippen MR) is 114 cm³/mol. The number of carbonyl (C=O) groups is 1. The van der Waals surface area contributed by atoms with Crippen LogP contribution in [-0.4, -0.2) is 55.7 Å². The van der Waals surface area contributed by atoms with Gasteiger partial charge in [0.05, 0.1) is 31.7 Å². The number of nitrogens with zero attached hydrogens (tertiary/aromatic N) is 2. The molecular formula is C24H32N2O4. The summed E-state index contributed by atoms with van der Waals surface area (Å²) in [5.41, 5.74) is 2.02. The number of ether oxygens (including phenoxy) is 2. The van der Waals surface area contributed by atoms with E-state index in [9.17, 15) is 4.79 Å². The lowest BCUT2D eigenvalue weighted by atomic mass is 9.75. The molecule has 0 saturated carbocycles. The van der Waals surface area contributed by atoms with Crippen molar-refractivity contribution >= 4 is 5.97 Å². The molecule has 30 heavy (non-hydrogen) atoms. The molecule has 0 spiro atoms.